The quantitative estimate of drug-likeness (QED) is 0.719. The van der Waals surface area contributed by atoms with Gasteiger partial charge < -0.3 is 9.47 Å². The number of rotatable bonds is 8. The van der Waals surface area contributed by atoms with Crippen LogP contribution in [0, 0.1) is 0 Å². The van der Waals surface area contributed by atoms with Crippen LogP contribution in [0.2, 0.25) is 0 Å². The minimum Gasteiger partial charge on any atom is -0.494 e. The van der Waals surface area contributed by atoms with Crippen LogP contribution in [0.3, 0.4) is 0 Å². The van der Waals surface area contributed by atoms with Gasteiger partial charge in [0.1, 0.15) is 11.5 Å². The van der Waals surface area contributed by atoms with Crippen molar-refractivity contribution >= 4 is 10.0 Å². The molecule has 0 fully saturated rings. The first-order chi connectivity index (χ1) is 12.6. The molecule has 9 heteroatoms. The summed E-state index contributed by atoms with van der Waals surface area (Å²) in [7, 11) is -3.71. The zero-order valence-electron chi connectivity index (χ0n) is 14.8. The first-order valence-electron chi connectivity index (χ1n) is 8.15. The Kier molecular flexibility index (Phi) is 6.72. The van der Waals surface area contributed by atoms with Gasteiger partial charge >= 0.3 is 6.36 Å². The summed E-state index contributed by atoms with van der Waals surface area (Å²) in [4.78, 5) is 0. The number of hydrogen-bond donors (Lipinski definition) is 1. The largest absolute Gasteiger partial charge is 0.573 e. The van der Waals surface area contributed by atoms with Gasteiger partial charge in [-0.3, -0.25) is 0 Å². The maximum absolute atomic E-state index is 12.4. The Balaban J connectivity index is 2.03. The monoisotopic (exact) mass is 403 g/mol. The van der Waals surface area contributed by atoms with Crippen LogP contribution in [0.5, 0.6) is 11.5 Å². The summed E-state index contributed by atoms with van der Waals surface area (Å²) in [6, 6.07) is 11.3. The molecule has 2 aromatic carbocycles. The topological polar surface area (TPSA) is 64.6 Å². The highest BCUT2D eigenvalue weighted by molar-refractivity contribution is 7.88. The number of hydrogen-bond acceptors (Lipinski definition) is 4. The molecule has 0 bridgehead atoms. The summed E-state index contributed by atoms with van der Waals surface area (Å²) in [5, 5.41) is 0. The Morgan fingerprint density at radius 2 is 1.74 bits per heavy atom. The fourth-order valence-corrected chi connectivity index (χ4v) is 3.82. The Morgan fingerprint density at radius 3 is 2.33 bits per heavy atom. The molecule has 5 nitrogen and oxygen atoms in total. The van der Waals surface area contributed by atoms with Crippen LogP contribution >= 0.6 is 0 Å². The number of halogens is 3. The lowest BCUT2D eigenvalue weighted by Gasteiger charge is -2.16. The Morgan fingerprint density at radius 1 is 1.07 bits per heavy atom. The summed E-state index contributed by atoms with van der Waals surface area (Å²) in [5.41, 5.74) is 1.07. The third-order valence-corrected chi connectivity index (χ3v) is 4.97. The zero-order valence-corrected chi connectivity index (χ0v) is 15.6. The zero-order chi connectivity index (χ0) is 20.1. The van der Waals surface area contributed by atoms with Gasteiger partial charge in [-0.05, 0) is 49.2 Å². The van der Waals surface area contributed by atoms with E-state index in [4.69, 9.17) is 4.74 Å². The van der Waals surface area contributed by atoms with E-state index in [1.165, 1.54) is 12.1 Å². The van der Waals surface area contributed by atoms with Crippen molar-refractivity contribution in [3.63, 3.8) is 0 Å². The normalized spacial score (nSPS) is 13.2. The number of alkyl halides is 3. The van der Waals surface area contributed by atoms with Crippen LogP contribution < -0.4 is 14.2 Å². The second-order valence-electron chi connectivity index (χ2n) is 5.80. The van der Waals surface area contributed by atoms with E-state index < -0.39 is 28.2 Å². The highest BCUT2D eigenvalue weighted by atomic mass is 32.2. The molecule has 0 amide bonds. The van der Waals surface area contributed by atoms with Crippen molar-refractivity contribution in [2.75, 3.05) is 6.61 Å². The highest BCUT2D eigenvalue weighted by Crippen LogP contribution is 2.24. The third kappa shape index (κ3) is 7.10. The Bertz CT molecular complexity index is 852. The van der Waals surface area contributed by atoms with Gasteiger partial charge in [0.15, 0.2) is 0 Å². The molecule has 1 atom stereocenters. The summed E-state index contributed by atoms with van der Waals surface area (Å²) < 4.78 is 72.9. The van der Waals surface area contributed by atoms with Gasteiger partial charge in [0.25, 0.3) is 0 Å². The van der Waals surface area contributed by atoms with Gasteiger partial charge in [0.05, 0.1) is 12.4 Å². The number of nitrogens with one attached hydrogen (secondary N) is 1. The van der Waals surface area contributed by atoms with E-state index in [2.05, 4.69) is 9.46 Å². The maximum Gasteiger partial charge on any atom is 0.573 e. The average molecular weight is 403 g/mol. The minimum absolute atomic E-state index is 0.340. The molecule has 1 unspecified atom stereocenters. The van der Waals surface area contributed by atoms with Gasteiger partial charge in [-0.2, -0.15) is 0 Å². The molecule has 0 aliphatic rings. The molecule has 0 saturated heterocycles. The molecule has 0 aliphatic heterocycles. The van der Waals surface area contributed by atoms with Gasteiger partial charge in [-0.15, -0.1) is 13.2 Å². The molecule has 0 spiro atoms. The van der Waals surface area contributed by atoms with Crippen molar-refractivity contribution < 1.29 is 31.1 Å². The predicted molar refractivity (Wildman–Crippen MR) is 94.9 cm³/mol. The van der Waals surface area contributed by atoms with Gasteiger partial charge in [0.2, 0.25) is 10.0 Å². The fourth-order valence-electron chi connectivity index (χ4n) is 2.43. The van der Waals surface area contributed by atoms with Crippen molar-refractivity contribution in [1.29, 1.82) is 0 Å². The van der Waals surface area contributed by atoms with Crippen LogP contribution in [0.25, 0.3) is 0 Å². The molecule has 148 valence electrons. The summed E-state index contributed by atoms with van der Waals surface area (Å²) in [6.07, 6.45) is -4.79. The first kappa shape index (κ1) is 21.0. The lowest BCUT2D eigenvalue weighted by Crippen LogP contribution is -2.28. The predicted octanol–water partition coefficient (Wildman–Crippen LogP) is 4.16. The van der Waals surface area contributed by atoms with Gasteiger partial charge in [-0.1, -0.05) is 24.3 Å². The van der Waals surface area contributed by atoms with Crippen molar-refractivity contribution in [3.8, 4) is 11.5 Å². The van der Waals surface area contributed by atoms with Crippen molar-refractivity contribution in [3.05, 3.63) is 59.7 Å². The van der Waals surface area contributed by atoms with E-state index in [0.29, 0.717) is 17.9 Å². The number of ether oxygens (including phenoxy) is 2. The molecular weight excluding hydrogens is 383 g/mol. The van der Waals surface area contributed by atoms with E-state index in [9.17, 15) is 21.6 Å². The molecule has 2 aromatic rings. The standard InChI is InChI=1S/C18H20F3NO4S/c1-3-25-17-6-4-5-15(11-17)13(2)22-27(23,24)12-14-7-9-16(10-8-14)26-18(19,20)21/h4-11,13,22H,3,12H2,1-2H3. The smallest absolute Gasteiger partial charge is 0.494 e. The van der Waals surface area contributed by atoms with Gasteiger partial charge in [0, 0.05) is 6.04 Å². The number of benzene rings is 2. The van der Waals surface area contributed by atoms with Crippen LogP contribution in [0.15, 0.2) is 48.5 Å². The van der Waals surface area contributed by atoms with E-state index >= 15 is 0 Å². The van der Waals surface area contributed by atoms with Crippen molar-refractivity contribution in [1.82, 2.24) is 4.72 Å². The molecular formula is C18H20F3NO4S. The molecule has 0 saturated carbocycles. The summed E-state index contributed by atoms with van der Waals surface area (Å²) >= 11 is 0. The lowest BCUT2D eigenvalue weighted by molar-refractivity contribution is -0.274. The molecule has 0 heterocycles. The molecule has 0 aromatic heterocycles. The second-order valence-corrected chi connectivity index (χ2v) is 7.55. The van der Waals surface area contributed by atoms with Crippen LogP contribution in [-0.4, -0.2) is 21.4 Å². The van der Waals surface area contributed by atoms with Crippen molar-refractivity contribution in [2.24, 2.45) is 0 Å². The van der Waals surface area contributed by atoms with Crippen molar-refractivity contribution in [2.45, 2.75) is 32.0 Å². The first-order valence-corrected chi connectivity index (χ1v) is 9.80. The number of sulfonamides is 1. The SMILES string of the molecule is CCOc1cccc(C(C)NS(=O)(=O)Cc2ccc(OC(F)(F)F)cc2)c1. The molecule has 1 N–H and O–H groups in total. The average Bonchev–Trinajstić information content (AvgIpc) is 2.55. The summed E-state index contributed by atoms with van der Waals surface area (Å²) in [5.74, 6) is -0.131. The molecule has 2 rings (SSSR count). The van der Waals surface area contributed by atoms with E-state index in [1.807, 2.05) is 6.92 Å². The highest BCUT2D eigenvalue weighted by Gasteiger charge is 2.31. The Hall–Kier alpha value is -2.26. The van der Waals surface area contributed by atoms with Gasteiger partial charge in [-0.25, -0.2) is 13.1 Å². The fraction of sp³-hybridized carbons (Fsp3) is 0.333. The van der Waals surface area contributed by atoms with Crippen LogP contribution in [0.4, 0.5) is 13.2 Å². The summed E-state index contributed by atoms with van der Waals surface area (Å²) in [6.45, 7) is 4.05. The van der Waals surface area contributed by atoms with E-state index in [-0.39, 0.29) is 5.75 Å². The van der Waals surface area contributed by atoms with Crippen LogP contribution in [-0.2, 0) is 15.8 Å². The Labute approximate surface area is 156 Å². The third-order valence-electron chi connectivity index (χ3n) is 3.54. The molecule has 0 radical (unpaired) electrons. The van der Waals surface area contributed by atoms with E-state index in [0.717, 1.165) is 17.7 Å². The second kappa shape index (κ2) is 8.62. The molecule has 0 aliphatic carbocycles. The maximum atomic E-state index is 12.4. The molecule has 27 heavy (non-hydrogen) atoms. The lowest BCUT2D eigenvalue weighted by atomic mass is 10.1. The minimum atomic E-state index is -4.79. The van der Waals surface area contributed by atoms with E-state index in [1.54, 1.807) is 31.2 Å². The van der Waals surface area contributed by atoms with Crippen LogP contribution in [0.1, 0.15) is 31.0 Å².